The summed E-state index contributed by atoms with van der Waals surface area (Å²) in [4.78, 5) is 33.9. The van der Waals surface area contributed by atoms with Crippen LogP contribution in [0.5, 0.6) is 0 Å². The molecule has 3 rings (SSSR count). The van der Waals surface area contributed by atoms with Crippen LogP contribution in [-0.2, 0) is 4.79 Å². The minimum absolute atomic E-state index is 0.0182. The number of carbonyl (C=O) groups is 2. The third-order valence-electron chi connectivity index (χ3n) is 5.04. The van der Waals surface area contributed by atoms with Gasteiger partial charge in [0.1, 0.15) is 6.04 Å². The molecule has 154 valence electrons. The third-order valence-corrected chi connectivity index (χ3v) is 5.29. The number of pyridine rings is 1. The average molecular weight is 415 g/mol. The highest BCUT2D eigenvalue weighted by Gasteiger charge is 2.29. The SMILES string of the molecule is CC(C)CC(NC(=O)c1ccc(Cl)cc1)C(=O)N1CCN(c2ccncc2)CC1. The number of amides is 2. The van der Waals surface area contributed by atoms with Crippen molar-refractivity contribution in [3.8, 4) is 0 Å². The Morgan fingerprint density at radius 3 is 2.24 bits per heavy atom. The molecule has 29 heavy (non-hydrogen) atoms. The normalized spacial score (nSPS) is 15.3. The van der Waals surface area contributed by atoms with E-state index in [9.17, 15) is 9.59 Å². The lowest BCUT2D eigenvalue weighted by Gasteiger charge is -2.37. The minimum atomic E-state index is -0.536. The molecule has 1 unspecified atom stereocenters. The molecule has 1 aliphatic rings. The zero-order valence-electron chi connectivity index (χ0n) is 16.8. The molecule has 1 fully saturated rings. The van der Waals surface area contributed by atoms with E-state index in [0.29, 0.717) is 30.1 Å². The number of hydrogen-bond acceptors (Lipinski definition) is 4. The summed E-state index contributed by atoms with van der Waals surface area (Å²) in [6.07, 6.45) is 4.15. The van der Waals surface area contributed by atoms with Crippen LogP contribution in [0.15, 0.2) is 48.8 Å². The molecule has 1 N–H and O–H groups in total. The monoisotopic (exact) mass is 414 g/mol. The van der Waals surface area contributed by atoms with Gasteiger partial charge in [-0.2, -0.15) is 0 Å². The van der Waals surface area contributed by atoms with Gasteiger partial charge in [-0.3, -0.25) is 14.6 Å². The van der Waals surface area contributed by atoms with Crippen molar-refractivity contribution in [3.63, 3.8) is 0 Å². The van der Waals surface area contributed by atoms with Crippen LogP contribution in [0.3, 0.4) is 0 Å². The van der Waals surface area contributed by atoms with Crippen LogP contribution in [0.4, 0.5) is 5.69 Å². The molecule has 0 aliphatic carbocycles. The molecule has 0 radical (unpaired) electrons. The van der Waals surface area contributed by atoms with Crippen LogP contribution in [0.25, 0.3) is 0 Å². The quantitative estimate of drug-likeness (QED) is 0.788. The van der Waals surface area contributed by atoms with Gasteiger partial charge in [0.15, 0.2) is 0 Å². The fourth-order valence-electron chi connectivity index (χ4n) is 3.50. The van der Waals surface area contributed by atoms with Crippen LogP contribution in [0, 0.1) is 5.92 Å². The van der Waals surface area contributed by atoms with Crippen LogP contribution in [0.2, 0.25) is 5.02 Å². The van der Waals surface area contributed by atoms with Crippen molar-refractivity contribution in [2.45, 2.75) is 26.3 Å². The number of piperazine rings is 1. The summed E-state index contributed by atoms with van der Waals surface area (Å²) in [5.41, 5.74) is 1.61. The van der Waals surface area contributed by atoms with E-state index in [1.54, 1.807) is 36.7 Å². The van der Waals surface area contributed by atoms with E-state index in [0.717, 1.165) is 18.8 Å². The lowest BCUT2D eigenvalue weighted by Crippen LogP contribution is -2.55. The maximum atomic E-state index is 13.2. The van der Waals surface area contributed by atoms with E-state index in [1.807, 2.05) is 17.0 Å². The van der Waals surface area contributed by atoms with Crippen molar-refractivity contribution in [2.75, 3.05) is 31.1 Å². The highest BCUT2D eigenvalue weighted by molar-refractivity contribution is 6.30. The summed E-state index contributed by atoms with van der Waals surface area (Å²) in [6.45, 7) is 6.88. The van der Waals surface area contributed by atoms with Crippen molar-refractivity contribution in [1.29, 1.82) is 0 Å². The summed E-state index contributed by atoms with van der Waals surface area (Å²) < 4.78 is 0. The van der Waals surface area contributed by atoms with E-state index in [2.05, 4.69) is 29.0 Å². The van der Waals surface area contributed by atoms with Crippen molar-refractivity contribution in [1.82, 2.24) is 15.2 Å². The van der Waals surface area contributed by atoms with Gasteiger partial charge >= 0.3 is 0 Å². The molecule has 0 saturated carbocycles. The predicted octanol–water partition coefficient (Wildman–Crippen LogP) is 3.23. The summed E-state index contributed by atoms with van der Waals surface area (Å²) in [7, 11) is 0. The third kappa shape index (κ3) is 5.70. The zero-order valence-corrected chi connectivity index (χ0v) is 17.6. The molecular weight excluding hydrogens is 388 g/mol. The van der Waals surface area contributed by atoms with Crippen molar-refractivity contribution in [2.24, 2.45) is 5.92 Å². The second-order valence-corrected chi connectivity index (χ2v) is 8.12. The summed E-state index contributed by atoms with van der Waals surface area (Å²) in [6, 6.07) is 10.1. The van der Waals surface area contributed by atoms with Gasteiger partial charge < -0.3 is 15.1 Å². The number of aromatic nitrogens is 1. The number of hydrogen-bond donors (Lipinski definition) is 1. The molecule has 1 aromatic carbocycles. The molecule has 0 bridgehead atoms. The Hall–Kier alpha value is -2.60. The van der Waals surface area contributed by atoms with Gasteiger partial charge in [-0.1, -0.05) is 25.4 Å². The maximum Gasteiger partial charge on any atom is 0.251 e. The van der Waals surface area contributed by atoms with Gasteiger partial charge in [0.2, 0.25) is 5.91 Å². The molecule has 2 aromatic rings. The minimum Gasteiger partial charge on any atom is -0.368 e. The number of nitrogens with zero attached hydrogens (tertiary/aromatic N) is 3. The molecular formula is C22H27ClN4O2. The average Bonchev–Trinajstić information content (AvgIpc) is 2.73. The van der Waals surface area contributed by atoms with E-state index in [1.165, 1.54) is 0 Å². The molecule has 1 aromatic heterocycles. The van der Waals surface area contributed by atoms with E-state index in [4.69, 9.17) is 11.6 Å². The predicted molar refractivity (Wildman–Crippen MR) is 115 cm³/mol. The number of benzene rings is 1. The molecule has 2 amide bonds. The Balaban J connectivity index is 1.63. The molecule has 1 saturated heterocycles. The summed E-state index contributed by atoms with van der Waals surface area (Å²) in [5.74, 6) is 0.0130. The van der Waals surface area contributed by atoms with Crippen LogP contribution in [-0.4, -0.2) is 53.9 Å². The Kier molecular flexibility index (Phi) is 7.09. The summed E-state index contributed by atoms with van der Waals surface area (Å²) in [5, 5.41) is 3.50. The standard InChI is InChI=1S/C22H27ClN4O2/c1-16(2)15-20(25-21(28)17-3-5-18(23)6-4-17)22(29)27-13-11-26(12-14-27)19-7-9-24-10-8-19/h3-10,16,20H,11-15H2,1-2H3,(H,25,28). The van der Waals surface area contributed by atoms with Crippen LogP contribution in [0.1, 0.15) is 30.6 Å². The first-order valence-corrected chi connectivity index (χ1v) is 10.3. The fourth-order valence-corrected chi connectivity index (χ4v) is 3.62. The van der Waals surface area contributed by atoms with E-state index in [-0.39, 0.29) is 17.7 Å². The lowest BCUT2D eigenvalue weighted by atomic mass is 10.0. The van der Waals surface area contributed by atoms with E-state index < -0.39 is 6.04 Å². The van der Waals surface area contributed by atoms with Gasteiger partial charge in [0.05, 0.1) is 0 Å². The summed E-state index contributed by atoms with van der Waals surface area (Å²) >= 11 is 5.90. The Morgan fingerprint density at radius 1 is 1.03 bits per heavy atom. The number of halogens is 1. The van der Waals surface area contributed by atoms with Crippen molar-refractivity contribution in [3.05, 3.63) is 59.4 Å². The number of carbonyl (C=O) groups excluding carboxylic acids is 2. The van der Waals surface area contributed by atoms with Gasteiger partial charge in [0.25, 0.3) is 5.91 Å². The zero-order chi connectivity index (χ0) is 20.8. The highest BCUT2D eigenvalue weighted by atomic mass is 35.5. The van der Waals surface area contributed by atoms with Crippen molar-refractivity contribution < 1.29 is 9.59 Å². The van der Waals surface area contributed by atoms with Gasteiger partial charge in [-0.15, -0.1) is 0 Å². The van der Waals surface area contributed by atoms with Gasteiger partial charge in [0, 0.05) is 54.8 Å². The first-order valence-electron chi connectivity index (χ1n) is 9.94. The Bertz CT molecular complexity index is 818. The molecule has 6 nitrogen and oxygen atoms in total. The molecule has 1 aliphatic heterocycles. The van der Waals surface area contributed by atoms with Crippen molar-refractivity contribution >= 4 is 29.1 Å². The maximum absolute atomic E-state index is 13.2. The molecule has 7 heteroatoms. The first-order chi connectivity index (χ1) is 13.9. The second kappa shape index (κ2) is 9.74. The van der Waals surface area contributed by atoms with Gasteiger partial charge in [-0.05, 0) is 48.7 Å². The fraction of sp³-hybridized carbons (Fsp3) is 0.409. The number of anilines is 1. The Labute approximate surface area is 176 Å². The first kappa shape index (κ1) is 21.1. The Morgan fingerprint density at radius 2 is 1.66 bits per heavy atom. The highest BCUT2D eigenvalue weighted by Crippen LogP contribution is 2.17. The van der Waals surface area contributed by atoms with Gasteiger partial charge in [-0.25, -0.2) is 0 Å². The van der Waals surface area contributed by atoms with E-state index >= 15 is 0 Å². The van der Waals surface area contributed by atoms with Crippen LogP contribution < -0.4 is 10.2 Å². The van der Waals surface area contributed by atoms with Crippen LogP contribution >= 0.6 is 11.6 Å². The lowest BCUT2D eigenvalue weighted by molar-refractivity contribution is -0.134. The molecule has 0 spiro atoms. The smallest absolute Gasteiger partial charge is 0.251 e. The molecule has 2 heterocycles. The number of rotatable bonds is 6. The number of nitrogens with one attached hydrogen (secondary N) is 1. The second-order valence-electron chi connectivity index (χ2n) is 7.68. The molecule has 1 atom stereocenters. The topological polar surface area (TPSA) is 65.5 Å². The largest absolute Gasteiger partial charge is 0.368 e.